The number of hydrogen-bond donors (Lipinski definition) is 1. The van der Waals surface area contributed by atoms with Crippen molar-refractivity contribution >= 4 is 11.6 Å². The molecule has 1 N–H and O–H groups in total. The van der Waals surface area contributed by atoms with Gasteiger partial charge in [0.2, 0.25) is 5.91 Å². The maximum atomic E-state index is 13.6. The molecule has 0 fully saturated rings. The molecule has 2 aromatic rings. The van der Waals surface area contributed by atoms with Gasteiger partial charge < -0.3 is 5.32 Å². The largest absolute Gasteiger partial charge is 0.322 e. The van der Waals surface area contributed by atoms with Crippen molar-refractivity contribution in [1.29, 1.82) is 0 Å². The number of carbonyl (C=O) groups excluding carboxylic acids is 1. The van der Waals surface area contributed by atoms with Gasteiger partial charge in [0.25, 0.3) is 0 Å². The monoisotopic (exact) mass is 328 g/mol. The fraction of sp³-hybridized carbons (Fsp3) is 0.350. The first kappa shape index (κ1) is 18.1. The maximum Gasteiger partial charge on any atom is 0.241 e. The first-order valence-electron chi connectivity index (χ1n) is 8.23. The summed E-state index contributed by atoms with van der Waals surface area (Å²) in [5.41, 5.74) is 2.66. The Balaban J connectivity index is 1.97. The second-order valence-electron chi connectivity index (χ2n) is 6.46. The van der Waals surface area contributed by atoms with Crippen LogP contribution in [0.2, 0.25) is 0 Å². The van der Waals surface area contributed by atoms with Crippen molar-refractivity contribution in [3.8, 4) is 0 Å². The van der Waals surface area contributed by atoms with Gasteiger partial charge in [-0.05, 0) is 43.1 Å². The summed E-state index contributed by atoms with van der Waals surface area (Å²) < 4.78 is 13.6. The topological polar surface area (TPSA) is 32.3 Å². The van der Waals surface area contributed by atoms with Gasteiger partial charge in [0, 0.05) is 6.54 Å². The predicted molar refractivity (Wildman–Crippen MR) is 96.5 cm³/mol. The van der Waals surface area contributed by atoms with Crippen LogP contribution in [-0.2, 0) is 11.3 Å². The number of benzene rings is 2. The average Bonchev–Trinajstić information content (AvgIpc) is 2.56. The van der Waals surface area contributed by atoms with Crippen LogP contribution in [0.5, 0.6) is 0 Å². The third-order valence-corrected chi connectivity index (χ3v) is 4.25. The van der Waals surface area contributed by atoms with Crippen LogP contribution in [0.3, 0.4) is 0 Å². The Morgan fingerprint density at radius 2 is 1.71 bits per heavy atom. The average molecular weight is 328 g/mol. The quantitative estimate of drug-likeness (QED) is 0.852. The Kier molecular flexibility index (Phi) is 6.10. The first-order chi connectivity index (χ1) is 11.4. The second kappa shape index (κ2) is 8.06. The normalized spacial score (nSPS) is 12.5. The fourth-order valence-electron chi connectivity index (χ4n) is 2.43. The highest BCUT2D eigenvalue weighted by Gasteiger charge is 2.19. The number of amides is 1. The minimum absolute atomic E-state index is 0.212. The third-order valence-electron chi connectivity index (χ3n) is 4.25. The summed E-state index contributed by atoms with van der Waals surface area (Å²) in [6, 6.07) is 14.3. The lowest BCUT2D eigenvalue weighted by atomic mass is 10.0. The van der Waals surface area contributed by atoms with Gasteiger partial charge in [0.05, 0.1) is 11.7 Å². The van der Waals surface area contributed by atoms with Gasteiger partial charge in [-0.15, -0.1) is 0 Å². The molecule has 3 nitrogen and oxygen atoms in total. The van der Waals surface area contributed by atoms with Crippen molar-refractivity contribution in [2.45, 2.75) is 39.3 Å². The number of para-hydroxylation sites is 1. The molecule has 0 aliphatic rings. The molecule has 0 saturated heterocycles. The highest BCUT2D eigenvalue weighted by Crippen LogP contribution is 2.17. The fourth-order valence-corrected chi connectivity index (χ4v) is 2.43. The van der Waals surface area contributed by atoms with Crippen LogP contribution >= 0.6 is 0 Å². The third kappa shape index (κ3) is 4.65. The van der Waals surface area contributed by atoms with E-state index < -0.39 is 5.82 Å². The summed E-state index contributed by atoms with van der Waals surface area (Å²) >= 11 is 0. The second-order valence-corrected chi connectivity index (χ2v) is 6.46. The molecule has 4 heteroatoms. The Labute approximate surface area is 143 Å². The summed E-state index contributed by atoms with van der Waals surface area (Å²) in [5.74, 6) is -0.145. The summed E-state index contributed by atoms with van der Waals surface area (Å²) in [5, 5.41) is 2.65. The van der Waals surface area contributed by atoms with Gasteiger partial charge >= 0.3 is 0 Å². The molecule has 0 bridgehead atoms. The van der Waals surface area contributed by atoms with E-state index in [0.717, 1.165) is 5.56 Å². The van der Waals surface area contributed by atoms with Crippen LogP contribution in [0.4, 0.5) is 10.1 Å². The lowest BCUT2D eigenvalue weighted by Crippen LogP contribution is -2.39. The molecular formula is C20H25FN2O. The molecule has 1 amide bonds. The molecule has 0 heterocycles. The summed E-state index contributed by atoms with van der Waals surface area (Å²) in [4.78, 5) is 14.3. The molecule has 0 spiro atoms. The Hall–Kier alpha value is -2.20. The number of nitrogens with zero attached hydrogens (tertiary/aromatic N) is 1. The predicted octanol–water partition coefficient (Wildman–Crippen LogP) is 4.41. The smallest absolute Gasteiger partial charge is 0.241 e. The van der Waals surface area contributed by atoms with Crippen molar-refractivity contribution in [2.24, 2.45) is 0 Å². The number of likely N-dealkylation sites (N-methyl/N-ethyl adjacent to an activating group) is 1. The van der Waals surface area contributed by atoms with Crippen molar-refractivity contribution in [2.75, 3.05) is 12.4 Å². The lowest BCUT2D eigenvalue weighted by Gasteiger charge is -2.24. The number of anilines is 1. The van der Waals surface area contributed by atoms with Crippen molar-refractivity contribution < 1.29 is 9.18 Å². The molecule has 0 saturated carbocycles. The van der Waals surface area contributed by atoms with Crippen LogP contribution in [-0.4, -0.2) is 23.9 Å². The van der Waals surface area contributed by atoms with E-state index in [0.29, 0.717) is 12.5 Å². The highest BCUT2D eigenvalue weighted by molar-refractivity contribution is 5.94. The standard InChI is InChI=1S/C20H25FN2O/c1-14(2)17-11-9-16(10-12-17)13-23(4)15(3)20(24)22-19-8-6-5-7-18(19)21/h5-12,14-15H,13H2,1-4H3,(H,22,24)/t15-/m1/s1. The summed E-state index contributed by atoms with van der Waals surface area (Å²) in [7, 11) is 1.89. The number of halogens is 1. The molecule has 0 unspecified atom stereocenters. The van der Waals surface area contributed by atoms with Crippen molar-refractivity contribution in [3.63, 3.8) is 0 Å². The summed E-state index contributed by atoms with van der Waals surface area (Å²) in [6.45, 7) is 6.80. The molecule has 24 heavy (non-hydrogen) atoms. The molecule has 2 aromatic carbocycles. The van der Waals surface area contributed by atoms with E-state index >= 15 is 0 Å². The van der Waals surface area contributed by atoms with Gasteiger partial charge in [0.1, 0.15) is 5.82 Å². The van der Waals surface area contributed by atoms with E-state index in [4.69, 9.17) is 0 Å². The lowest BCUT2D eigenvalue weighted by molar-refractivity contribution is -0.120. The zero-order chi connectivity index (χ0) is 17.7. The molecule has 2 rings (SSSR count). The van der Waals surface area contributed by atoms with Gasteiger partial charge in [0.15, 0.2) is 0 Å². The van der Waals surface area contributed by atoms with Crippen LogP contribution in [0.25, 0.3) is 0 Å². The maximum absolute atomic E-state index is 13.6. The Morgan fingerprint density at radius 1 is 1.08 bits per heavy atom. The van der Waals surface area contributed by atoms with Gasteiger partial charge in [-0.25, -0.2) is 4.39 Å². The van der Waals surface area contributed by atoms with Crippen LogP contribution < -0.4 is 5.32 Å². The van der Waals surface area contributed by atoms with Gasteiger partial charge in [-0.2, -0.15) is 0 Å². The van der Waals surface area contributed by atoms with Crippen LogP contribution in [0.1, 0.15) is 37.8 Å². The van der Waals surface area contributed by atoms with Crippen molar-refractivity contribution in [3.05, 3.63) is 65.5 Å². The van der Waals surface area contributed by atoms with E-state index in [-0.39, 0.29) is 17.6 Å². The minimum Gasteiger partial charge on any atom is -0.322 e. The number of carbonyl (C=O) groups is 1. The van der Waals surface area contributed by atoms with E-state index in [1.807, 2.05) is 18.9 Å². The van der Waals surface area contributed by atoms with Crippen LogP contribution in [0, 0.1) is 5.82 Å². The Morgan fingerprint density at radius 3 is 2.29 bits per heavy atom. The number of rotatable bonds is 6. The molecule has 0 radical (unpaired) electrons. The first-order valence-corrected chi connectivity index (χ1v) is 8.23. The molecule has 128 valence electrons. The Bertz CT molecular complexity index is 682. The van der Waals surface area contributed by atoms with E-state index in [1.165, 1.54) is 11.6 Å². The molecule has 1 atom stereocenters. The zero-order valence-corrected chi connectivity index (χ0v) is 14.7. The highest BCUT2D eigenvalue weighted by atomic mass is 19.1. The number of hydrogen-bond acceptors (Lipinski definition) is 2. The van der Waals surface area contributed by atoms with E-state index in [2.05, 4.69) is 43.4 Å². The molecule has 0 aliphatic heterocycles. The number of nitrogens with one attached hydrogen (secondary N) is 1. The zero-order valence-electron chi connectivity index (χ0n) is 14.7. The SMILES string of the molecule is CC(C)c1ccc(CN(C)[C@H](C)C(=O)Nc2ccccc2F)cc1. The van der Waals surface area contributed by atoms with Gasteiger partial charge in [-0.1, -0.05) is 50.2 Å². The van der Waals surface area contributed by atoms with Crippen molar-refractivity contribution in [1.82, 2.24) is 4.90 Å². The van der Waals surface area contributed by atoms with E-state index in [9.17, 15) is 9.18 Å². The summed E-state index contributed by atoms with van der Waals surface area (Å²) in [6.07, 6.45) is 0. The minimum atomic E-state index is -0.426. The van der Waals surface area contributed by atoms with Crippen LogP contribution in [0.15, 0.2) is 48.5 Å². The van der Waals surface area contributed by atoms with Gasteiger partial charge in [-0.3, -0.25) is 9.69 Å². The molecule has 0 aromatic heterocycles. The molecule has 0 aliphatic carbocycles. The van der Waals surface area contributed by atoms with E-state index in [1.54, 1.807) is 18.2 Å². The molecular weight excluding hydrogens is 303 g/mol.